The van der Waals surface area contributed by atoms with Gasteiger partial charge in [0.1, 0.15) is 6.54 Å². The van der Waals surface area contributed by atoms with Crippen LogP contribution in [0.3, 0.4) is 0 Å². The molecular formula is C22H38ClN3. The van der Waals surface area contributed by atoms with Crippen LogP contribution in [0, 0.1) is 0 Å². The van der Waals surface area contributed by atoms with Gasteiger partial charge in [-0.25, -0.2) is 0 Å². The maximum Gasteiger partial charge on any atom is 0.104 e. The van der Waals surface area contributed by atoms with Crippen LogP contribution in [0.1, 0.15) is 31.9 Å². The molecular weight excluding hydrogens is 342 g/mol. The third-order valence-corrected chi connectivity index (χ3v) is 4.71. The molecule has 0 amide bonds. The average Bonchev–Trinajstić information content (AvgIpc) is 2.62. The lowest BCUT2D eigenvalue weighted by molar-refractivity contribution is -0.936. The molecule has 0 unspecified atom stereocenters. The van der Waals surface area contributed by atoms with Crippen molar-refractivity contribution in [1.82, 2.24) is 11.1 Å². The van der Waals surface area contributed by atoms with E-state index in [9.17, 15) is 0 Å². The molecule has 2 aromatic rings. The number of hydrogen-bond acceptors (Lipinski definition) is 2. The Morgan fingerprint density at radius 2 is 1.08 bits per heavy atom. The summed E-state index contributed by atoms with van der Waals surface area (Å²) in [6, 6.07) is 21.3. The molecule has 0 bridgehead atoms. The zero-order valence-electron chi connectivity index (χ0n) is 17.3. The Labute approximate surface area is 167 Å². The summed E-state index contributed by atoms with van der Waals surface area (Å²) < 4.78 is 1.20. The van der Waals surface area contributed by atoms with Crippen molar-refractivity contribution in [2.45, 2.75) is 33.9 Å². The standard InChI is InChI=1S/C13H22N.C9H13N.ClH.H3N/c1-4-14(5-2,6-3)12-13-10-8-7-9-11-13;1-10(2)8-9-6-4-3-5-7-9;;/h7-11H,4-6,12H2,1-3H3;3-7H,8H2,1-2H3;1H;1H3/q+1;;;/p-1. The largest absolute Gasteiger partial charge is 1.00 e. The number of quaternary nitrogens is 1. The summed E-state index contributed by atoms with van der Waals surface area (Å²) in [6.07, 6.45) is 0. The molecule has 3 nitrogen and oxygen atoms in total. The summed E-state index contributed by atoms with van der Waals surface area (Å²) in [6.45, 7) is 12.7. The summed E-state index contributed by atoms with van der Waals surface area (Å²) in [5, 5.41) is 0. The van der Waals surface area contributed by atoms with E-state index in [1.54, 1.807) is 0 Å². The Balaban J connectivity index is 0. The van der Waals surface area contributed by atoms with Crippen LogP contribution in [0.2, 0.25) is 0 Å². The molecule has 0 fully saturated rings. The van der Waals surface area contributed by atoms with Crippen LogP contribution < -0.4 is 18.6 Å². The predicted octanol–water partition coefficient (Wildman–Crippen LogP) is 1.98. The van der Waals surface area contributed by atoms with Gasteiger partial charge in [0.05, 0.1) is 19.6 Å². The van der Waals surface area contributed by atoms with Gasteiger partial charge in [-0.3, -0.25) is 0 Å². The second-order valence-electron chi connectivity index (χ2n) is 6.66. The van der Waals surface area contributed by atoms with E-state index in [4.69, 9.17) is 0 Å². The van der Waals surface area contributed by atoms with Gasteiger partial charge in [-0.05, 0) is 40.4 Å². The van der Waals surface area contributed by atoms with E-state index < -0.39 is 0 Å². The van der Waals surface area contributed by atoms with Crippen LogP contribution in [0.4, 0.5) is 0 Å². The van der Waals surface area contributed by atoms with Crippen molar-refractivity contribution < 1.29 is 16.9 Å². The van der Waals surface area contributed by atoms with Crippen molar-refractivity contribution in [3.8, 4) is 0 Å². The first-order valence-electron chi connectivity index (χ1n) is 9.13. The van der Waals surface area contributed by atoms with Gasteiger partial charge in [-0.15, -0.1) is 0 Å². The SMILES string of the molecule is CC[N+](CC)(CC)Cc1ccccc1.CN(C)Cc1ccccc1.N.[Cl-]. The zero-order valence-corrected chi connectivity index (χ0v) is 18.0. The molecule has 26 heavy (non-hydrogen) atoms. The first kappa shape index (κ1) is 26.8. The zero-order chi connectivity index (χ0) is 17.8. The van der Waals surface area contributed by atoms with Crippen molar-refractivity contribution in [1.29, 1.82) is 0 Å². The van der Waals surface area contributed by atoms with Gasteiger partial charge in [0, 0.05) is 12.1 Å². The van der Waals surface area contributed by atoms with Crippen molar-refractivity contribution in [2.75, 3.05) is 33.7 Å². The molecule has 0 aromatic heterocycles. The smallest absolute Gasteiger partial charge is 0.104 e. The molecule has 2 aromatic carbocycles. The molecule has 0 atom stereocenters. The van der Waals surface area contributed by atoms with Gasteiger partial charge in [0.15, 0.2) is 0 Å². The monoisotopic (exact) mass is 379 g/mol. The highest BCUT2D eigenvalue weighted by atomic mass is 35.5. The van der Waals surface area contributed by atoms with Gasteiger partial charge < -0.3 is 27.9 Å². The van der Waals surface area contributed by atoms with Gasteiger partial charge in [-0.1, -0.05) is 60.7 Å². The molecule has 0 heterocycles. The molecule has 4 heteroatoms. The van der Waals surface area contributed by atoms with Gasteiger partial charge in [-0.2, -0.15) is 0 Å². The summed E-state index contributed by atoms with van der Waals surface area (Å²) in [7, 11) is 4.15. The van der Waals surface area contributed by atoms with Crippen molar-refractivity contribution in [3.63, 3.8) is 0 Å². The maximum absolute atomic E-state index is 2.29. The third-order valence-electron chi connectivity index (χ3n) is 4.71. The Morgan fingerprint density at radius 3 is 1.42 bits per heavy atom. The van der Waals surface area contributed by atoms with Crippen LogP contribution in [0.5, 0.6) is 0 Å². The molecule has 0 saturated heterocycles. The highest BCUT2D eigenvalue weighted by Gasteiger charge is 2.20. The van der Waals surface area contributed by atoms with E-state index in [1.807, 2.05) is 6.07 Å². The fraction of sp³-hybridized carbons (Fsp3) is 0.455. The minimum atomic E-state index is 0. The lowest BCUT2D eigenvalue weighted by Gasteiger charge is -2.35. The molecule has 2 rings (SSSR count). The second kappa shape index (κ2) is 14.7. The molecule has 0 aliphatic carbocycles. The fourth-order valence-corrected chi connectivity index (χ4v) is 2.93. The molecule has 3 N–H and O–H groups in total. The number of hydrogen-bond donors (Lipinski definition) is 1. The van der Waals surface area contributed by atoms with Crippen LogP contribution >= 0.6 is 0 Å². The lowest BCUT2D eigenvalue weighted by Crippen LogP contribution is -3.00. The fourth-order valence-electron chi connectivity index (χ4n) is 2.93. The maximum atomic E-state index is 2.29. The Morgan fingerprint density at radius 1 is 0.692 bits per heavy atom. The van der Waals surface area contributed by atoms with Gasteiger partial charge in [0.2, 0.25) is 0 Å². The number of rotatable bonds is 7. The lowest BCUT2D eigenvalue weighted by atomic mass is 10.2. The number of benzene rings is 2. The number of nitrogens with zero attached hydrogens (tertiary/aromatic N) is 2. The Bertz CT molecular complexity index is 532. The molecule has 0 spiro atoms. The highest BCUT2D eigenvalue weighted by molar-refractivity contribution is 5.14. The Hall–Kier alpha value is -1.39. The minimum absolute atomic E-state index is 0. The molecule has 148 valence electrons. The van der Waals surface area contributed by atoms with E-state index in [-0.39, 0.29) is 18.6 Å². The molecule has 0 aliphatic rings. The third kappa shape index (κ3) is 9.93. The summed E-state index contributed by atoms with van der Waals surface area (Å²) in [5.74, 6) is 0. The summed E-state index contributed by atoms with van der Waals surface area (Å²) in [5.41, 5.74) is 2.82. The van der Waals surface area contributed by atoms with Gasteiger partial charge >= 0.3 is 0 Å². The van der Waals surface area contributed by atoms with Crippen molar-refractivity contribution in [2.24, 2.45) is 0 Å². The second-order valence-corrected chi connectivity index (χ2v) is 6.66. The normalized spacial score (nSPS) is 10.2. The first-order chi connectivity index (χ1) is 11.5. The topological polar surface area (TPSA) is 38.2 Å². The van der Waals surface area contributed by atoms with Gasteiger partial charge in [0.25, 0.3) is 0 Å². The minimum Gasteiger partial charge on any atom is -1.00 e. The quantitative estimate of drug-likeness (QED) is 0.747. The molecule has 0 aliphatic heterocycles. The Kier molecular flexibility index (Phi) is 15.2. The molecule has 0 radical (unpaired) electrons. The highest BCUT2D eigenvalue weighted by Crippen LogP contribution is 2.13. The van der Waals surface area contributed by atoms with Crippen LogP contribution in [-0.2, 0) is 13.1 Å². The van der Waals surface area contributed by atoms with Crippen LogP contribution in [0.15, 0.2) is 60.7 Å². The van der Waals surface area contributed by atoms with Crippen LogP contribution in [0.25, 0.3) is 0 Å². The van der Waals surface area contributed by atoms with Crippen molar-refractivity contribution >= 4 is 0 Å². The first-order valence-corrected chi connectivity index (χ1v) is 9.13. The summed E-state index contributed by atoms with van der Waals surface area (Å²) in [4.78, 5) is 2.16. The molecule has 0 saturated carbocycles. The number of halogens is 1. The summed E-state index contributed by atoms with van der Waals surface area (Å²) >= 11 is 0. The van der Waals surface area contributed by atoms with Crippen LogP contribution in [-0.4, -0.2) is 43.1 Å². The average molecular weight is 380 g/mol. The van der Waals surface area contributed by atoms with E-state index in [1.165, 1.54) is 41.8 Å². The van der Waals surface area contributed by atoms with E-state index in [2.05, 4.69) is 94.4 Å². The van der Waals surface area contributed by atoms with E-state index in [0.717, 1.165) is 6.54 Å². The predicted molar refractivity (Wildman–Crippen MR) is 111 cm³/mol. The van der Waals surface area contributed by atoms with Crippen molar-refractivity contribution in [3.05, 3.63) is 71.8 Å². The van der Waals surface area contributed by atoms with E-state index >= 15 is 0 Å². The van der Waals surface area contributed by atoms with E-state index in [0.29, 0.717) is 0 Å².